The molecule has 1 aliphatic rings. The lowest BCUT2D eigenvalue weighted by Gasteiger charge is -2.22. The number of amides is 1. The van der Waals surface area contributed by atoms with Crippen molar-refractivity contribution >= 4 is 15.9 Å². The Kier molecular flexibility index (Phi) is 5.51. The van der Waals surface area contributed by atoms with Crippen LogP contribution in [0.5, 0.6) is 0 Å². The number of nitrogens with zero attached hydrogens (tertiary/aromatic N) is 2. The van der Waals surface area contributed by atoms with Gasteiger partial charge in [-0.1, -0.05) is 0 Å². The zero-order valence-corrected chi connectivity index (χ0v) is 11.5. The van der Waals surface area contributed by atoms with E-state index in [4.69, 9.17) is 9.84 Å². The summed E-state index contributed by atoms with van der Waals surface area (Å²) in [4.78, 5) is 13.0. The van der Waals surface area contributed by atoms with Gasteiger partial charge in [0.05, 0.1) is 12.9 Å². The van der Waals surface area contributed by atoms with Crippen LogP contribution in [0.25, 0.3) is 0 Å². The highest BCUT2D eigenvalue weighted by Crippen LogP contribution is 2.13. The standard InChI is InChI=1S/C10H20N2O5S/c1-17-8-9-5-11(10(14)7-13)3-4-12(6-9)18(2,15)16/h9,13H,3-8H2,1-2H3/t9-/m1/s1. The summed E-state index contributed by atoms with van der Waals surface area (Å²) in [7, 11) is -1.74. The molecule has 0 unspecified atom stereocenters. The predicted octanol–water partition coefficient (Wildman–Crippen LogP) is -1.65. The minimum atomic E-state index is -3.28. The molecule has 1 rings (SSSR count). The molecule has 0 aromatic heterocycles. The van der Waals surface area contributed by atoms with Crippen LogP contribution in [0.3, 0.4) is 0 Å². The van der Waals surface area contributed by atoms with E-state index in [1.54, 1.807) is 0 Å². The van der Waals surface area contributed by atoms with E-state index in [2.05, 4.69) is 0 Å². The maximum absolute atomic E-state index is 11.6. The minimum Gasteiger partial charge on any atom is -0.387 e. The van der Waals surface area contributed by atoms with Gasteiger partial charge in [-0.25, -0.2) is 8.42 Å². The molecule has 106 valence electrons. The lowest BCUT2D eigenvalue weighted by molar-refractivity contribution is -0.134. The molecule has 0 radical (unpaired) electrons. The van der Waals surface area contributed by atoms with Crippen molar-refractivity contribution in [2.24, 2.45) is 5.92 Å². The van der Waals surface area contributed by atoms with Crippen LogP contribution in [0, 0.1) is 5.92 Å². The maximum Gasteiger partial charge on any atom is 0.248 e. The molecule has 7 nitrogen and oxygen atoms in total. The fourth-order valence-electron chi connectivity index (χ4n) is 2.04. The maximum atomic E-state index is 11.6. The molecular weight excluding hydrogens is 260 g/mol. The van der Waals surface area contributed by atoms with Crippen molar-refractivity contribution in [3.05, 3.63) is 0 Å². The molecular formula is C10H20N2O5S. The molecule has 0 aromatic carbocycles. The number of aliphatic hydroxyl groups is 1. The molecule has 18 heavy (non-hydrogen) atoms. The molecule has 0 saturated carbocycles. The molecule has 1 fully saturated rings. The fraction of sp³-hybridized carbons (Fsp3) is 0.900. The molecule has 1 aliphatic heterocycles. The van der Waals surface area contributed by atoms with Crippen LogP contribution in [-0.2, 0) is 19.6 Å². The number of carbonyl (C=O) groups excluding carboxylic acids is 1. The summed E-state index contributed by atoms with van der Waals surface area (Å²) in [6.07, 6.45) is 1.15. The molecule has 1 heterocycles. The summed E-state index contributed by atoms with van der Waals surface area (Å²) in [6.45, 7) is 1.11. The zero-order chi connectivity index (χ0) is 13.8. The molecule has 0 aliphatic carbocycles. The van der Waals surface area contributed by atoms with Crippen LogP contribution in [-0.4, -0.2) is 81.4 Å². The van der Waals surface area contributed by atoms with E-state index in [1.165, 1.54) is 16.3 Å². The third-order valence-electron chi connectivity index (χ3n) is 2.92. The monoisotopic (exact) mass is 280 g/mol. The second-order valence-corrected chi connectivity index (χ2v) is 6.42. The van der Waals surface area contributed by atoms with E-state index in [1.807, 2.05) is 0 Å². The number of rotatable bonds is 4. The van der Waals surface area contributed by atoms with Crippen molar-refractivity contribution in [1.29, 1.82) is 0 Å². The number of ether oxygens (including phenoxy) is 1. The van der Waals surface area contributed by atoms with E-state index in [0.717, 1.165) is 6.26 Å². The Bertz CT molecular complexity index is 384. The van der Waals surface area contributed by atoms with Crippen molar-refractivity contribution in [2.75, 3.05) is 52.8 Å². The van der Waals surface area contributed by atoms with Gasteiger partial charge < -0.3 is 14.7 Å². The van der Waals surface area contributed by atoms with Crippen molar-refractivity contribution < 1.29 is 23.1 Å². The summed E-state index contributed by atoms with van der Waals surface area (Å²) >= 11 is 0. The van der Waals surface area contributed by atoms with E-state index in [0.29, 0.717) is 26.2 Å². The lowest BCUT2D eigenvalue weighted by Crippen LogP contribution is -2.38. The average Bonchev–Trinajstić information content (AvgIpc) is 2.50. The van der Waals surface area contributed by atoms with Gasteiger partial charge in [0.2, 0.25) is 15.9 Å². The minimum absolute atomic E-state index is 0.0808. The Balaban J connectivity index is 2.81. The van der Waals surface area contributed by atoms with Crippen molar-refractivity contribution in [3.63, 3.8) is 0 Å². The number of methoxy groups -OCH3 is 1. The summed E-state index contributed by atoms with van der Waals surface area (Å²) in [5.41, 5.74) is 0. The Morgan fingerprint density at radius 1 is 1.39 bits per heavy atom. The third-order valence-corrected chi connectivity index (χ3v) is 4.19. The smallest absolute Gasteiger partial charge is 0.248 e. The summed E-state index contributed by atoms with van der Waals surface area (Å²) in [5, 5.41) is 8.87. The van der Waals surface area contributed by atoms with E-state index in [-0.39, 0.29) is 18.4 Å². The van der Waals surface area contributed by atoms with Gasteiger partial charge in [0.25, 0.3) is 0 Å². The van der Waals surface area contributed by atoms with Crippen molar-refractivity contribution in [3.8, 4) is 0 Å². The Morgan fingerprint density at radius 3 is 2.56 bits per heavy atom. The fourth-order valence-corrected chi connectivity index (χ4v) is 2.94. The molecule has 0 aromatic rings. The van der Waals surface area contributed by atoms with Gasteiger partial charge in [-0.15, -0.1) is 0 Å². The van der Waals surface area contributed by atoms with Gasteiger partial charge in [0, 0.05) is 39.2 Å². The summed E-state index contributed by atoms with van der Waals surface area (Å²) in [5.74, 6) is -0.464. The third kappa shape index (κ3) is 4.20. The van der Waals surface area contributed by atoms with Gasteiger partial charge in [0.15, 0.2) is 0 Å². The van der Waals surface area contributed by atoms with Gasteiger partial charge >= 0.3 is 0 Å². The first-order valence-electron chi connectivity index (χ1n) is 5.71. The molecule has 1 saturated heterocycles. The second kappa shape index (κ2) is 6.46. The van der Waals surface area contributed by atoms with E-state index >= 15 is 0 Å². The highest BCUT2D eigenvalue weighted by Gasteiger charge is 2.29. The van der Waals surface area contributed by atoms with E-state index < -0.39 is 16.6 Å². The van der Waals surface area contributed by atoms with Gasteiger partial charge in [-0.2, -0.15) is 4.31 Å². The van der Waals surface area contributed by atoms with Gasteiger partial charge in [-0.05, 0) is 0 Å². The zero-order valence-electron chi connectivity index (χ0n) is 10.7. The first-order valence-corrected chi connectivity index (χ1v) is 7.56. The summed E-state index contributed by atoms with van der Waals surface area (Å²) < 4.78 is 29.5. The number of carbonyl (C=O) groups is 1. The second-order valence-electron chi connectivity index (χ2n) is 4.44. The SMILES string of the molecule is COC[C@@H]1CN(C(=O)CO)CCN(S(C)(=O)=O)C1. The molecule has 1 N–H and O–H groups in total. The van der Waals surface area contributed by atoms with Crippen LogP contribution < -0.4 is 0 Å². The Morgan fingerprint density at radius 2 is 2.06 bits per heavy atom. The average molecular weight is 280 g/mol. The molecule has 1 amide bonds. The molecule has 0 spiro atoms. The highest BCUT2D eigenvalue weighted by molar-refractivity contribution is 7.88. The number of hydrogen-bond acceptors (Lipinski definition) is 5. The van der Waals surface area contributed by atoms with E-state index in [9.17, 15) is 13.2 Å². The van der Waals surface area contributed by atoms with Gasteiger partial charge in [-0.3, -0.25) is 4.79 Å². The summed E-state index contributed by atoms with van der Waals surface area (Å²) in [6, 6.07) is 0. The highest BCUT2D eigenvalue weighted by atomic mass is 32.2. The van der Waals surface area contributed by atoms with Crippen molar-refractivity contribution in [1.82, 2.24) is 9.21 Å². The quantitative estimate of drug-likeness (QED) is 0.666. The van der Waals surface area contributed by atoms with Crippen LogP contribution in [0.15, 0.2) is 0 Å². The molecule has 1 atom stereocenters. The largest absolute Gasteiger partial charge is 0.387 e. The van der Waals surface area contributed by atoms with Crippen LogP contribution in [0.2, 0.25) is 0 Å². The Labute approximate surface area is 107 Å². The number of hydrogen-bond donors (Lipinski definition) is 1. The normalized spacial score (nSPS) is 22.8. The van der Waals surface area contributed by atoms with Crippen LogP contribution >= 0.6 is 0 Å². The number of aliphatic hydroxyl groups excluding tert-OH is 1. The van der Waals surface area contributed by atoms with Gasteiger partial charge in [0.1, 0.15) is 6.61 Å². The van der Waals surface area contributed by atoms with Crippen LogP contribution in [0.1, 0.15) is 0 Å². The predicted molar refractivity (Wildman–Crippen MR) is 65.4 cm³/mol. The first kappa shape index (κ1) is 15.4. The number of sulfonamides is 1. The topological polar surface area (TPSA) is 87.2 Å². The van der Waals surface area contributed by atoms with Crippen molar-refractivity contribution in [2.45, 2.75) is 0 Å². The van der Waals surface area contributed by atoms with Crippen LogP contribution in [0.4, 0.5) is 0 Å². The molecule has 0 bridgehead atoms. The molecule has 8 heteroatoms. The lowest BCUT2D eigenvalue weighted by atomic mass is 10.1. The Hall–Kier alpha value is -0.700. The first-order chi connectivity index (χ1) is 8.38.